The van der Waals surface area contributed by atoms with Crippen molar-refractivity contribution >= 4 is 23.9 Å². The molecule has 2 N–H and O–H groups in total. The lowest BCUT2D eigenvalue weighted by atomic mass is 10.1. The second-order valence-electron chi connectivity index (χ2n) is 8.58. The van der Waals surface area contributed by atoms with E-state index in [-0.39, 0.29) is 25.7 Å². The Balaban J connectivity index is 4.26. The Morgan fingerprint density at radius 3 is 1.33 bits per heavy atom. The number of carbonyl (C=O) groups excluding carboxylic acids is 2. The van der Waals surface area contributed by atoms with Crippen molar-refractivity contribution < 1.29 is 38.9 Å². The molecule has 0 aliphatic rings. The van der Waals surface area contributed by atoms with E-state index in [1.807, 2.05) is 0 Å². The summed E-state index contributed by atoms with van der Waals surface area (Å²) in [6.07, 6.45) is 12.3. The highest BCUT2D eigenvalue weighted by Gasteiger charge is 2.18. The van der Waals surface area contributed by atoms with Crippen LogP contribution in [-0.2, 0) is 28.7 Å². The quantitative estimate of drug-likeness (QED) is 0.105. The van der Waals surface area contributed by atoms with Gasteiger partial charge in [-0.3, -0.25) is 19.2 Å². The minimum Gasteiger partial charge on any atom is -0.481 e. The van der Waals surface area contributed by atoms with Crippen molar-refractivity contribution in [3.63, 3.8) is 0 Å². The summed E-state index contributed by atoms with van der Waals surface area (Å²) in [4.78, 5) is 45.4. The third-order valence-corrected chi connectivity index (χ3v) is 5.36. The Kier molecular flexibility index (Phi) is 20.3. The van der Waals surface area contributed by atoms with Crippen LogP contribution < -0.4 is 0 Å². The maximum absolute atomic E-state index is 12.2. The first kappa shape index (κ1) is 30.9. The van der Waals surface area contributed by atoms with Gasteiger partial charge in [-0.2, -0.15) is 0 Å². The smallest absolute Gasteiger partial charge is 0.308 e. The second-order valence-corrected chi connectivity index (χ2v) is 8.58. The third-order valence-electron chi connectivity index (χ3n) is 5.36. The molecule has 0 aliphatic carbocycles. The van der Waals surface area contributed by atoms with Crippen LogP contribution in [0.5, 0.6) is 0 Å². The number of hydrogen-bond acceptors (Lipinski definition) is 6. The number of rotatable bonds is 23. The number of esters is 2. The Labute approximate surface area is 198 Å². The van der Waals surface area contributed by atoms with Gasteiger partial charge in [-0.15, -0.1) is 0 Å². The van der Waals surface area contributed by atoms with Crippen molar-refractivity contribution in [1.82, 2.24) is 0 Å². The predicted molar refractivity (Wildman–Crippen MR) is 125 cm³/mol. The van der Waals surface area contributed by atoms with Crippen molar-refractivity contribution in [2.75, 3.05) is 0 Å². The van der Waals surface area contributed by atoms with Gasteiger partial charge in [-0.05, 0) is 32.1 Å². The first-order chi connectivity index (χ1) is 15.8. The molecular weight excluding hydrogens is 428 g/mol. The van der Waals surface area contributed by atoms with Crippen LogP contribution >= 0.6 is 0 Å². The lowest BCUT2D eigenvalue weighted by Gasteiger charge is -2.18. The van der Waals surface area contributed by atoms with Gasteiger partial charge in [0.05, 0.1) is 0 Å². The summed E-state index contributed by atoms with van der Waals surface area (Å²) in [7, 11) is 0. The summed E-state index contributed by atoms with van der Waals surface area (Å²) in [6.45, 7) is 2.16. The molecule has 0 atom stereocenters. The summed E-state index contributed by atoms with van der Waals surface area (Å²) < 4.78 is 10.8. The predicted octanol–water partition coefficient (Wildman–Crippen LogP) is 6.00. The summed E-state index contributed by atoms with van der Waals surface area (Å²) in [5.41, 5.74) is 0. The lowest BCUT2D eigenvalue weighted by molar-refractivity contribution is -0.189. The Morgan fingerprint density at radius 1 is 0.545 bits per heavy atom. The van der Waals surface area contributed by atoms with Gasteiger partial charge in [0.25, 0.3) is 0 Å². The largest absolute Gasteiger partial charge is 0.481 e. The molecule has 0 aliphatic heterocycles. The fraction of sp³-hybridized carbons (Fsp3) is 0.840. The molecule has 0 aromatic rings. The number of unbranched alkanes of at least 4 members (excludes halogenated alkanes) is 11. The van der Waals surface area contributed by atoms with E-state index in [1.165, 1.54) is 19.3 Å². The van der Waals surface area contributed by atoms with E-state index in [2.05, 4.69) is 6.92 Å². The van der Waals surface area contributed by atoms with Crippen LogP contribution in [0.4, 0.5) is 0 Å². The average Bonchev–Trinajstić information content (AvgIpc) is 2.75. The minimum atomic E-state index is -0.866. The molecule has 0 fully saturated rings. The fourth-order valence-electron chi connectivity index (χ4n) is 3.44. The van der Waals surface area contributed by atoms with Crippen LogP contribution in [0.2, 0.25) is 0 Å². The molecule has 0 saturated carbocycles. The topological polar surface area (TPSA) is 127 Å². The molecule has 0 saturated heterocycles. The molecule has 0 spiro atoms. The van der Waals surface area contributed by atoms with Crippen molar-refractivity contribution in [1.29, 1.82) is 0 Å². The molecular formula is C25H44O8. The lowest BCUT2D eigenvalue weighted by Crippen LogP contribution is -2.24. The average molecular weight is 473 g/mol. The van der Waals surface area contributed by atoms with E-state index < -0.39 is 30.2 Å². The highest BCUT2D eigenvalue weighted by atomic mass is 16.7. The summed E-state index contributed by atoms with van der Waals surface area (Å²) in [5.74, 6) is -2.42. The van der Waals surface area contributed by atoms with Gasteiger partial charge in [-0.1, -0.05) is 64.7 Å². The number of carbonyl (C=O) groups is 4. The SMILES string of the molecule is CCCCCCCCC(OC(=O)CCCCCCC(=O)O)OC(=O)CCCCCCC(=O)O. The van der Waals surface area contributed by atoms with Crippen LogP contribution in [0.25, 0.3) is 0 Å². The maximum Gasteiger partial charge on any atom is 0.308 e. The highest BCUT2D eigenvalue weighted by molar-refractivity contribution is 5.71. The monoisotopic (exact) mass is 472 g/mol. The molecule has 0 heterocycles. The number of carboxylic acids is 2. The minimum absolute atomic E-state index is 0.139. The zero-order chi connectivity index (χ0) is 24.7. The van der Waals surface area contributed by atoms with Gasteiger partial charge in [0, 0.05) is 32.1 Å². The van der Waals surface area contributed by atoms with Crippen molar-refractivity contribution in [2.45, 2.75) is 135 Å². The van der Waals surface area contributed by atoms with Gasteiger partial charge in [0.1, 0.15) is 0 Å². The zero-order valence-corrected chi connectivity index (χ0v) is 20.4. The van der Waals surface area contributed by atoms with Gasteiger partial charge in [0.15, 0.2) is 0 Å². The number of aliphatic carboxylic acids is 2. The van der Waals surface area contributed by atoms with Crippen molar-refractivity contribution in [3.05, 3.63) is 0 Å². The summed E-state index contributed by atoms with van der Waals surface area (Å²) in [5, 5.41) is 17.3. The van der Waals surface area contributed by atoms with Gasteiger partial charge in [0.2, 0.25) is 6.29 Å². The van der Waals surface area contributed by atoms with E-state index in [1.54, 1.807) is 0 Å². The number of carboxylic acid groups (broad SMARTS) is 2. The van der Waals surface area contributed by atoms with Gasteiger partial charge >= 0.3 is 23.9 Å². The third kappa shape index (κ3) is 22.9. The van der Waals surface area contributed by atoms with E-state index >= 15 is 0 Å². The summed E-state index contributed by atoms with van der Waals surface area (Å²) in [6, 6.07) is 0. The van der Waals surface area contributed by atoms with Crippen LogP contribution in [0, 0.1) is 0 Å². The van der Waals surface area contributed by atoms with E-state index in [0.29, 0.717) is 32.1 Å². The number of ether oxygens (including phenoxy) is 2. The molecule has 33 heavy (non-hydrogen) atoms. The fourth-order valence-corrected chi connectivity index (χ4v) is 3.44. The van der Waals surface area contributed by atoms with Crippen LogP contribution in [0.3, 0.4) is 0 Å². The first-order valence-corrected chi connectivity index (χ1v) is 12.7. The maximum atomic E-state index is 12.2. The molecule has 8 nitrogen and oxygen atoms in total. The Morgan fingerprint density at radius 2 is 0.909 bits per heavy atom. The van der Waals surface area contributed by atoms with Gasteiger partial charge < -0.3 is 19.7 Å². The second kappa shape index (κ2) is 21.7. The van der Waals surface area contributed by atoms with E-state index in [0.717, 1.165) is 44.9 Å². The number of hydrogen-bond donors (Lipinski definition) is 2. The van der Waals surface area contributed by atoms with E-state index in [9.17, 15) is 19.2 Å². The van der Waals surface area contributed by atoms with Gasteiger partial charge in [-0.25, -0.2) is 0 Å². The van der Waals surface area contributed by atoms with Crippen molar-refractivity contribution in [2.24, 2.45) is 0 Å². The molecule has 0 bridgehead atoms. The molecule has 0 rings (SSSR count). The normalized spacial score (nSPS) is 10.8. The molecule has 192 valence electrons. The Hall–Kier alpha value is -2.12. The van der Waals surface area contributed by atoms with E-state index in [4.69, 9.17) is 19.7 Å². The standard InChI is InChI=1S/C25H44O8/c1-2-3-4-5-6-15-20-25(32-23(30)18-13-9-7-11-16-21(26)27)33-24(31)19-14-10-8-12-17-22(28)29/h25H,2-20H2,1H3,(H,26,27)(H,28,29). The molecule has 0 amide bonds. The molecule has 0 aromatic carbocycles. The Bertz CT molecular complexity index is 507. The van der Waals surface area contributed by atoms with Crippen molar-refractivity contribution in [3.8, 4) is 0 Å². The van der Waals surface area contributed by atoms with Crippen LogP contribution in [0.15, 0.2) is 0 Å². The molecule has 0 unspecified atom stereocenters. The molecule has 0 radical (unpaired) electrons. The molecule has 8 heteroatoms. The zero-order valence-electron chi connectivity index (χ0n) is 20.4. The summed E-state index contributed by atoms with van der Waals surface area (Å²) >= 11 is 0. The first-order valence-electron chi connectivity index (χ1n) is 12.7. The molecule has 0 aromatic heterocycles. The highest BCUT2D eigenvalue weighted by Crippen LogP contribution is 2.15. The van der Waals surface area contributed by atoms with Crippen LogP contribution in [-0.4, -0.2) is 40.4 Å². The van der Waals surface area contributed by atoms with Crippen LogP contribution in [0.1, 0.15) is 129 Å².